The third kappa shape index (κ3) is 4.25. The smallest absolute Gasteiger partial charge is 0.250 e. The highest BCUT2D eigenvalue weighted by atomic mass is 32.2. The number of para-hydroxylation sites is 1. The summed E-state index contributed by atoms with van der Waals surface area (Å²) in [6.45, 7) is 6.09. The van der Waals surface area contributed by atoms with Crippen molar-refractivity contribution in [2.75, 3.05) is 31.1 Å². The van der Waals surface area contributed by atoms with Gasteiger partial charge in [-0.3, -0.25) is 4.79 Å². The van der Waals surface area contributed by atoms with Crippen LogP contribution in [0.5, 0.6) is 0 Å². The number of benzene rings is 1. The molecule has 1 N–H and O–H groups in total. The van der Waals surface area contributed by atoms with Crippen LogP contribution in [0.4, 0.5) is 5.69 Å². The van der Waals surface area contributed by atoms with Gasteiger partial charge in [0.05, 0.1) is 6.04 Å². The van der Waals surface area contributed by atoms with Crippen molar-refractivity contribution < 1.29 is 13.2 Å². The van der Waals surface area contributed by atoms with E-state index in [2.05, 4.69) is 21.8 Å². The molecule has 1 aromatic heterocycles. The highest BCUT2D eigenvalue weighted by Gasteiger charge is 2.28. The average Bonchev–Trinajstić information content (AvgIpc) is 3.09. The summed E-state index contributed by atoms with van der Waals surface area (Å²) in [5.74, 6) is -0.186. The third-order valence-corrected chi connectivity index (χ3v) is 7.43. The van der Waals surface area contributed by atoms with Crippen LogP contribution in [0, 0.1) is 6.92 Å². The van der Waals surface area contributed by atoms with Crippen LogP contribution in [-0.2, 0) is 14.8 Å². The summed E-state index contributed by atoms with van der Waals surface area (Å²) < 4.78 is 27.5. The number of hydrogen-bond acceptors (Lipinski definition) is 5. The van der Waals surface area contributed by atoms with E-state index in [9.17, 15) is 13.2 Å². The predicted octanol–water partition coefficient (Wildman–Crippen LogP) is 2.07. The fraction of sp³-hybridized carbons (Fsp3) is 0.389. The molecule has 0 radical (unpaired) electrons. The summed E-state index contributed by atoms with van der Waals surface area (Å²) in [5, 5.41) is 0. The minimum absolute atomic E-state index is 0.186. The third-order valence-electron chi connectivity index (χ3n) is 4.40. The van der Waals surface area contributed by atoms with Crippen molar-refractivity contribution in [3.63, 3.8) is 0 Å². The Labute approximate surface area is 158 Å². The van der Waals surface area contributed by atoms with Crippen molar-refractivity contribution >= 4 is 33.0 Å². The van der Waals surface area contributed by atoms with Crippen molar-refractivity contribution in [2.45, 2.75) is 24.1 Å². The van der Waals surface area contributed by atoms with Gasteiger partial charge >= 0.3 is 0 Å². The molecule has 3 rings (SSSR count). The van der Waals surface area contributed by atoms with Gasteiger partial charge in [0.1, 0.15) is 4.21 Å². The molecule has 1 atom stereocenters. The van der Waals surface area contributed by atoms with Crippen molar-refractivity contribution in [1.29, 1.82) is 0 Å². The van der Waals surface area contributed by atoms with Crippen LogP contribution in [0.15, 0.2) is 46.7 Å². The van der Waals surface area contributed by atoms with E-state index in [1.54, 1.807) is 24.0 Å². The number of piperazine rings is 1. The summed E-state index contributed by atoms with van der Waals surface area (Å²) in [7, 11) is -3.67. The molecule has 1 aromatic carbocycles. The number of carbonyl (C=O) groups is 1. The first-order valence-corrected chi connectivity index (χ1v) is 10.8. The Morgan fingerprint density at radius 3 is 2.31 bits per heavy atom. The molecule has 0 unspecified atom stereocenters. The lowest BCUT2D eigenvalue weighted by atomic mass is 10.2. The normalized spacial score (nSPS) is 16.5. The molecule has 1 amide bonds. The van der Waals surface area contributed by atoms with E-state index in [4.69, 9.17) is 0 Å². The van der Waals surface area contributed by atoms with E-state index in [0.29, 0.717) is 13.1 Å². The molecule has 6 nitrogen and oxygen atoms in total. The number of rotatable bonds is 5. The highest BCUT2D eigenvalue weighted by molar-refractivity contribution is 7.91. The van der Waals surface area contributed by atoms with E-state index < -0.39 is 16.1 Å². The fourth-order valence-corrected chi connectivity index (χ4v) is 5.49. The molecule has 0 bridgehead atoms. The lowest BCUT2D eigenvalue weighted by Gasteiger charge is -2.37. The largest absolute Gasteiger partial charge is 0.368 e. The molecule has 0 spiro atoms. The zero-order valence-electron chi connectivity index (χ0n) is 14.9. The Kier molecular flexibility index (Phi) is 5.64. The lowest BCUT2D eigenvalue weighted by Crippen LogP contribution is -2.54. The van der Waals surface area contributed by atoms with Gasteiger partial charge in [-0.25, -0.2) is 8.42 Å². The van der Waals surface area contributed by atoms with Crippen molar-refractivity contribution in [2.24, 2.45) is 0 Å². The molecule has 1 aliphatic rings. The number of nitrogens with zero attached hydrogens (tertiary/aromatic N) is 2. The maximum Gasteiger partial charge on any atom is 0.250 e. The Morgan fingerprint density at radius 1 is 1.08 bits per heavy atom. The summed E-state index contributed by atoms with van der Waals surface area (Å²) >= 11 is 1.20. The molecular formula is C18H23N3O3S2. The molecule has 0 aliphatic carbocycles. The number of nitrogens with one attached hydrogen (secondary N) is 1. The second-order valence-corrected chi connectivity index (χ2v) is 9.58. The zero-order valence-corrected chi connectivity index (χ0v) is 16.5. The Bertz CT molecular complexity index is 857. The zero-order chi connectivity index (χ0) is 18.7. The predicted molar refractivity (Wildman–Crippen MR) is 104 cm³/mol. The number of aryl methyl sites for hydroxylation is 1. The molecule has 1 aliphatic heterocycles. The van der Waals surface area contributed by atoms with Crippen molar-refractivity contribution in [1.82, 2.24) is 9.62 Å². The highest BCUT2D eigenvalue weighted by Crippen LogP contribution is 2.21. The second kappa shape index (κ2) is 7.77. The van der Waals surface area contributed by atoms with Crippen LogP contribution in [0.1, 0.15) is 11.8 Å². The van der Waals surface area contributed by atoms with Crippen LogP contribution in [0.2, 0.25) is 0 Å². The molecule has 1 saturated heterocycles. The molecule has 0 saturated carbocycles. The average molecular weight is 394 g/mol. The first-order chi connectivity index (χ1) is 12.4. The monoisotopic (exact) mass is 393 g/mol. The SMILES string of the molecule is Cc1ccc(S(=O)(=O)N[C@@H](C)C(=O)N2CCN(c3ccccc3)CC2)s1. The number of thiophene rings is 1. The number of anilines is 1. The van der Waals surface area contributed by atoms with E-state index in [0.717, 1.165) is 23.7 Å². The lowest BCUT2D eigenvalue weighted by molar-refractivity contribution is -0.132. The van der Waals surface area contributed by atoms with E-state index in [-0.39, 0.29) is 10.1 Å². The van der Waals surface area contributed by atoms with Crippen LogP contribution in [0.25, 0.3) is 0 Å². The summed E-state index contributed by atoms with van der Waals surface area (Å²) in [6.07, 6.45) is 0. The van der Waals surface area contributed by atoms with E-state index >= 15 is 0 Å². The molecule has 8 heteroatoms. The summed E-state index contributed by atoms with van der Waals surface area (Å²) in [4.78, 5) is 17.5. The van der Waals surface area contributed by atoms with Crippen LogP contribution in [0.3, 0.4) is 0 Å². The van der Waals surface area contributed by atoms with Gasteiger partial charge in [0.2, 0.25) is 5.91 Å². The van der Waals surface area contributed by atoms with Gasteiger partial charge in [0.15, 0.2) is 0 Å². The van der Waals surface area contributed by atoms with Gasteiger partial charge in [0, 0.05) is 36.7 Å². The maximum absolute atomic E-state index is 12.6. The Morgan fingerprint density at radius 2 is 1.73 bits per heavy atom. The van der Waals surface area contributed by atoms with E-state index in [1.165, 1.54) is 11.3 Å². The Balaban J connectivity index is 1.58. The molecule has 26 heavy (non-hydrogen) atoms. The van der Waals surface area contributed by atoms with E-state index in [1.807, 2.05) is 25.1 Å². The topological polar surface area (TPSA) is 69.7 Å². The van der Waals surface area contributed by atoms with Gasteiger partial charge in [0.25, 0.3) is 10.0 Å². The van der Waals surface area contributed by atoms with Crippen LogP contribution in [-0.4, -0.2) is 51.4 Å². The minimum atomic E-state index is -3.67. The quantitative estimate of drug-likeness (QED) is 0.844. The molecule has 2 heterocycles. The van der Waals surface area contributed by atoms with Crippen molar-refractivity contribution in [3.05, 3.63) is 47.3 Å². The number of amides is 1. The number of sulfonamides is 1. The minimum Gasteiger partial charge on any atom is -0.368 e. The van der Waals surface area contributed by atoms with Gasteiger partial charge in [-0.15, -0.1) is 11.3 Å². The standard InChI is InChI=1S/C18H23N3O3S2/c1-14-8-9-17(25-14)26(23,24)19-15(2)18(22)21-12-10-20(11-13-21)16-6-4-3-5-7-16/h3-9,15,19H,10-13H2,1-2H3/t15-/m0/s1. The molecule has 140 valence electrons. The first-order valence-electron chi connectivity index (χ1n) is 8.54. The van der Waals surface area contributed by atoms with Crippen molar-refractivity contribution in [3.8, 4) is 0 Å². The number of hydrogen-bond donors (Lipinski definition) is 1. The Hall–Kier alpha value is -1.90. The fourth-order valence-electron chi connectivity index (χ4n) is 3.00. The van der Waals surface area contributed by atoms with Gasteiger partial charge < -0.3 is 9.80 Å². The molecule has 2 aromatic rings. The van der Waals surface area contributed by atoms with Gasteiger partial charge in [-0.1, -0.05) is 18.2 Å². The number of carbonyl (C=O) groups excluding carboxylic acids is 1. The second-order valence-electron chi connectivity index (χ2n) is 6.36. The van der Waals surface area contributed by atoms with Crippen LogP contribution >= 0.6 is 11.3 Å². The maximum atomic E-state index is 12.6. The molecular weight excluding hydrogens is 370 g/mol. The first kappa shape index (κ1) is 18.9. The molecule has 1 fully saturated rings. The van der Waals surface area contributed by atoms with Gasteiger partial charge in [-0.05, 0) is 38.1 Å². The summed E-state index contributed by atoms with van der Waals surface area (Å²) in [6, 6.07) is 12.6. The van der Waals surface area contributed by atoms with Crippen LogP contribution < -0.4 is 9.62 Å². The van der Waals surface area contributed by atoms with Gasteiger partial charge in [-0.2, -0.15) is 4.72 Å². The summed E-state index contributed by atoms with van der Waals surface area (Å²) in [5.41, 5.74) is 1.14.